The summed E-state index contributed by atoms with van der Waals surface area (Å²) < 4.78 is 0. The van der Waals surface area contributed by atoms with Crippen molar-refractivity contribution in [1.82, 2.24) is 9.88 Å². The molecule has 0 aromatic carbocycles. The number of aryl methyl sites for hydroxylation is 1. The van der Waals surface area contributed by atoms with Gasteiger partial charge in [-0.3, -0.25) is 9.88 Å². The van der Waals surface area contributed by atoms with Gasteiger partial charge in [0.15, 0.2) is 0 Å². The summed E-state index contributed by atoms with van der Waals surface area (Å²) in [7, 11) is 0. The van der Waals surface area contributed by atoms with Gasteiger partial charge < -0.3 is 0 Å². The van der Waals surface area contributed by atoms with Crippen molar-refractivity contribution in [3.63, 3.8) is 0 Å². The summed E-state index contributed by atoms with van der Waals surface area (Å²) in [4.78, 5) is 9.30. The Morgan fingerprint density at radius 2 is 2.22 bits per heavy atom. The molecule has 0 aliphatic heterocycles. The lowest BCUT2D eigenvalue weighted by molar-refractivity contribution is 0.288. The highest BCUT2D eigenvalue weighted by molar-refractivity contribution is 7.11. The minimum atomic E-state index is 0.895. The Kier molecular flexibility index (Phi) is 4.67. The molecule has 2 aromatic heterocycles. The van der Waals surface area contributed by atoms with E-state index in [1.807, 2.05) is 35.9 Å². The highest BCUT2D eigenvalue weighted by Gasteiger charge is 2.07. The van der Waals surface area contributed by atoms with Crippen molar-refractivity contribution < 1.29 is 0 Å². The van der Waals surface area contributed by atoms with Crippen molar-refractivity contribution in [1.29, 1.82) is 0 Å². The second kappa shape index (κ2) is 6.47. The summed E-state index contributed by atoms with van der Waals surface area (Å²) in [5.41, 5.74) is 1.24. The van der Waals surface area contributed by atoms with E-state index in [1.165, 1.54) is 15.3 Å². The van der Waals surface area contributed by atoms with Gasteiger partial charge in [-0.05, 0) is 30.7 Å². The molecular formula is C15H18N2S. The van der Waals surface area contributed by atoms with Crippen LogP contribution in [0.1, 0.15) is 15.3 Å². The zero-order chi connectivity index (χ0) is 12.8. The molecule has 94 valence electrons. The molecule has 2 aromatic rings. The van der Waals surface area contributed by atoms with Gasteiger partial charge in [0.25, 0.3) is 0 Å². The van der Waals surface area contributed by atoms with E-state index in [1.54, 1.807) is 0 Å². The number of hydrogen-bond acceptors (Lipinski definition) is 3. The Morgan fingerprint density at radius 1 is 1.33 bits per heavy atom. The van der Waals surface area contributed by atoms with Crippen LogP contribution in [0.5, 0.6) is 0 Å². The fourth-order valence-corrected chi connectivity index (χ4v) is 2.84. The van der Waals surface area contributed by atoms with E-state index in [2.05, 4.69) is 41.6 Å². The lowest BCUT2D eigenvalue weighted by Gasteiger charge is -2.19. The van der Waals surface area contributed by atoms with Crippen LogP contribution >= 0.6 is 11.3 Å². The molecule has 0 N–H and O–H groups in total. The van der Waals surface area contributed by atoms with E-state index < -0.39 is 0 Å². The number of nitrogens with zero attached hydrogens (tertiary/aromatic N) is 2. The number of thiophene rings is 1. The van der Waals surface area contributed by atoms with Crippen molar-refractivity contribution >= 4 is 11.3 Å². The third kappa shape index (κ3) is 3.79. The fourth-order valence-electron chi connectivity index (χ4n) is 1.91. The summed E-state index contributed by atoms with van der Waals surface area (Å²) in [6.07, 6.45) is 5.69. The van der Waals surface area contributed by atoms with Gasteiger partial charge in [0.2, 0.25) is 0 Å². The molecule has 0 fully saturated rings. The molecule has 0 radical (unpaired) electrons. The largest absolute Gasteiger partial charge is 0.290 e. The van der Waals surface area contributed by atoms with Crippen LogP contribution in [0.25, 0.3) is 0 Å². The van der Waals surface area contributed by atoms with Crippen LogP contribution in [0.4, 0.5) is 0 Å². The van der Waals surface area contributed by atoms with Gasteiger partial charge in [-0.15, -0.1) is 17.9 Å². The number of aromatic nitrogens is 1. The smallest absolute Gasteiger partial charge is 0.0334 e. The third-order valence-corrected chi connectivity index (χ3v) is 3.68. The van der Waals surface area contributed by atoms with E-state index in [-0.39, 0.29) is 0 Å². The summed E-state index contributed by atoms with van der Waals surface area (Å²) in [6, 6.07) is 8.48. The van der Waals surface area contributed by atoms with Crippen LogP contribution in [-0.2, 0) is 13.1 Å². The zero-order valence-corrected chi connectivity index (χ0v) is 11.5. The monoisotopic (exact) mass is 258 g/mol. The maximum Gasteiger partial charge on any atom is 0.0334 e. The average Bonchev–Trinajstić information content (AvgIpc) is 2.76. The lowest BCUT2D eigenvalue weighted by atomic mass is 10.2. The quantitative estimate of drug-likeness (QED) is 0.735. The molecular weight excluding hydrogens is 240 g/mol. The van der Waals surface area contributed by atoms with Crippen LogP contribution in [0.2, 0.25) is 0 Å². The predicted molar refractivity (Wildman–Crippen MR) is 77.6 cm³/mol. The van der Waals surface area contributed by atoms with E-state index in [0.29, 0.717) is 0 Å². The average molecular weight is 258 g/mol. The van der Waals surface area contributed by atoms with Gasteiger partial charge in [0.05, 0.1) is 0 Å². The van der Waals surface area contributed by atoms with Crippen molar-refractivity contribution in [3.05, 3.63) is 64.6 Å². The molecule has 2 heterocycles. The lowest BCUT2D eigenvalue weighted by Crippen LogP contribution is -2.22. The molecule has 0 aliphatic carbocycles. The Balaban J connectivity index is 2.02. The third-order valence-electron chi connectivity index (χ3n) is 2.69. The Hall–Kier alpha value is -1.45. The molecule has 0 saturated heterocycles. The van der Waals surface area contributed by atoms with E-state index in [0.717, 1.165) is 19.6 Å². The first-order chi connectivity index (χ1) is 8.78. The minimum absolute atomic E-state index is 0.895. The molecule has 0 saturated carbocycles. The van der Waals surface area contributed by atoms with Crippen LogP contribution in [0, 0.1) is 6.92 Å². The summed E-state index contributed by atoms with van der Waals surface area (Å²) in [5, 5.41) is 0. The predicted octanol–water partition coefficient (Wildman–Crippen LogP) is 3.64. The minimum Gasteiger partial charge on any atom is -0.290 e. The first kappa shape index (κ1) is 13.0. The second-order valence-electron chi connectivity index (χ2n) is 4.33. The van der Waals surface area contributed by atoms with Crippen molar-refractivity contribution in [3.8, 4) is 0 Å². The maximum absolute atomic E-state index is 4.16. The normalized spacial score (nSPS) is 10.8. The topological polar surface area (TPSA) is 16.1 Å². The van der Waals surface area contributed by atoms with E-state index in [9.17, 15) is 0 Å². The van der Waals surface area contributed by atoms with E-state index >= 15 is 0 Å². The Labute approximate surface area is 113 Å². The highest BCUT2D eigenvalue weighted by atomic mass is 32.1. The number of hydrogen-bond donors (Lipinski definition) is 0. The molecule has 2 nitrogen and oxygen atoms in total. The van der Waals surface area contributed by atoms with Gasteiger partial charge in [-0.1, -0.05) is 12.1 Å². The molecule has 0 aliphatic rings. The SMILES string of the molecule is C=CCN(Cc1cccnc1)Cc1ccc(C)s1. The molecule has 0 spiro atoms. The maximum atomic E-state index is 4.16. The van der Waals surface area contributed by atoms with Crippen molar-refractivity contribution in [2.45, 2.75) is 20.0 Å². The summed E-state index contributed by atoms with van der Waals surface area (Å²) in [6.45, 7) is 8.76. The second-order valence-corrected chi connectivity index (χ2v) is 5.70. The van der Waals surface area contributed by atoms with Gasteiger partial charge in [0.1, 0.15) is 0 Å². The first-order valence-electron chi connectivity index (χ1n) is 6.05. The van der Waals surface area contributed by atoms with Crippen molar-refractivity contribution in [2.75, 3.05) is 6.54 Å². The highest BCUT2D eigenvalue weighted by Crippen LogP contribution is 2.18. The van der Waals surface area contributed by atoms with E-state index in [4.69, 9.17) is 0 Å². The first-order valence-corrected chi connectivity index (χ1v) is 6.87. The summed E-state index contributed by atoms with van der Waals surface area (Å²) in [5.74, 6) is 0. The molecule has 3 heteroatoms. The standard InChI is InChI=1S/C15H18N2S/c1-3-9-17(11-14-5-4-8-16-10-14)12-15-7-6-13(2)18-15/h3-8,10H,1,9,11-12H2,2H3. The van der Waals surface area contributed by atoms with Gasteiger partial charge in [-0.2, -0.15) is 0 Å². The number of pyridine rings is 1. The summed E-state index contributed by atoms with van der Waals surface area (Å²) >= 11 is 1.86. The Bertz CT molecular complexity index is 490. The van der Waals surface area contributed by atoms with Crippen LogP contribution in [-0.4, -0.2) is 16.4 Å². The van der Waals surface area contributed by atoms with Gasteiger partial charge >= 0.3 is 0 Å². The fraction of sp³-hybridized carbons (Fsp3) is 0.267. The van der Waals surface area contributed by atoms with Crippen LogP contribution in [0.3, 0.4) is 0 Å². The molecule has 0 amide bonds. The molecule has 0 unspecified atom stereocenters. The van der Waals surface area contributed by atoms with Gasteiger partial charge in [-0.25, -0.2) is 0 Å². The van der Waals surface area contributed by atoms with Crippen LogP contribution < -0.4 is 0 Å². The van der Waals surface area contributed by atoms with Gasteiger partial charge in [0, 0.05) is 41.8 Å². The molecule has 18 heavy (non-hydrogen) atoms. The Morgan fingerprint density at radius 3 is 2.83 bits per heavy atom. The van der Waals surface area contributed by atoms with Crippen molar-refractivity contribution in [2.24, 2.45) is 0 Å². The van der Waals surface area contributed by atoms with Crippen LogP contribution in [0.15, 0.2) is 49.3 Å². The molecule has 2 rings (SSSR count). The molecule has 0 bridgehead atoms. The zero-order valence-electron chi connectivity index (χ0n) is 10.7. The number of rotatable bonds is 6. The molecule has 0 atom stereocenters.